The van der Waals surface area contributed by atoms with E-state index < -0.39 is 0 Å². The molecule has 0 spiro atoms. The first-order valence-corrected chi connectivity index (χ1v) is 6.82. The molecule has 0 aliphatic carbocycles. The Morgan fingerprint density at radius 2 is 2.28 bits per heavy atom. The minimum atomic E-state index is -0.284. The molecule has 18 heavy (non-hydrogen) atoms. The maximum atomic E-state index is 11.7. The summed E-state index contributed by atoms with van der Waals surface area (Å²) in [5.74, 6) is 1.38. The van der Waals surface area contributed by atoms with Gasteiger partial charge in [-0.15, -0.1) is 0 Å². The normalized spacial score (nSPS) is 10.3. The van der Waals surface area contributed by atoms with Gasteiger partial charge in [-0.2, -0.15) is 16.9 Å². The molecule has 0 radical (unpaired) electrons. The summed E-state index contributed by atoms with van der Waals surface area (Å²) in [6.07, 6.45) is 0.765. The number of nitrogens with one attached hydrogen (secondary N) is 1. The number of aliphatic hydroxyl groups excluding tert-OH is 1. The third-order valence-corrected chi connectivity index (χ3v) is 3.24. The Labute approximate surface area is 109 Å². The Bertz CT molecular complexity index is 447. The molecular weight excluding hydrogens is 254 g/mol. The van der Waals surface area contributed by atoms with Gasteiger partial charge < -0.3 is 10.4 Å². The van der Waals surface area contributed by atoms with Crippen LogP contribution in [-0.2, 0) is 7.05 Å². The number of hydrogen-bond donors (Lipinski definition) is 2. The van der Waals surface area contributed by atoms with Crippen LogP contribution in [0.5, 0.6) is 0 Å². The molecule has 0 aliphatic heterocycles. The van der Waals surface area contributed by atoms with Crippen LogP contribution in [0.4, 0.5) is 0 Å². The van der Waals surface area contributed by atoms with Gasteiger partial charge in [0.1, 0.15) is 5.69 Å². The molecule has 0 unspecified atom stereocenters. The van der Waals surface area contributed by atoms with Gasteiger partial charge in [0.15, 0.2) is 0 Å². The lowest BCUT2D eigenvalue weighted by atomic mass is 10.3. The summed E-state index contributed by atoms with van der Waals surface area (Å²) in [4.78, 5) is 22.8. The molecule has 0 saturated carbocycles. The van der Waals surface area contributed by atoms with Gasteiger partial charge in [-0.05, 0) is 18.2 Å². The van der Waals surface area contributed by atoms with Crippen molar-refractivity contribution in [3.8, 4) is 0 Å². The van der Waals surface area contributed by atoms with Crippen molar-refractivity contribution in [1.29, 1.82) is 0 Å². The zero-order valence-electron chi connectivity index (χ0n) is 10.3. The highest BCUT2D eigenvalue weighted by molar-refractivity contribution is 7.99. The highest BCUT2D eigenvalue weighted by Gasteiger charge is 2.07. The van der Waals surface area contributed by atoms with E-state index in [1.807, 2.05) is 0 Å². The summed E-state index contributed by atoms with van der Waals surface area (Å²) in [6, 6.07) is 2.73. The van der Waals surface area contributed by atoms with Crippen LogP contribution in [0, 0.1) is 0 Å². The van der Waals surface area contributed by atoms with Gasteiger partial charge in [0.2, 0.25) is 0 Å². The van der Waals surface area contributed by atoms with Crippen molar-refractivity contribution in [3.63, 3.8) is 0 Å². The molecule has 1 rings (SSSR count). The van der Waals surface area contributed by atoms with Crippen LogP contribution < -0.4 is 10.9 Å². The lowest BCUT2D eigenvalue weighted by Crippen LogP contribution is -2.29. The summed E-state index contributed by atoms with van der Waals surface area (Å²) in [6.45, 7) is 0.737. The van der Waals surface area contributed by atoms with Gasteiger partial charge in [-0.1, -0.05) is 0 Å². The number of aromatic nitrogens is 2. The number of thioether (sulfide) groups is 1. The van der Waals surface area contributed by atoms with Crippen molar-refractivity contribution in [3.05, 3.63) is 28.2 Å². The van der Waals surface area contributed by atoms with Gasteiger partial charge >= 0.3 is 0 Å². The molecular formula is C11H17N3O3S. The summed E-state index contributed by atoms with van der Waals surface area (Å²) in [7, 11) is 1.50. The number of hydrogen-bond acceptors (Lipinski definition) is 5. The van der Waals surface area contributed by atoms with Crippen LogP contribution in [0.1, 0.15) is 16.9 Å². The zero-order valence-corrected chi connectivity index (χ0v) is 11.1. The number of rotatable bonds is 7. The van der Waals surface area contributed by atoms with E-state index in [1.54, 1.807) is 11.8 Å². The van der Waals surface area contributed by atoms with Crippen molar-refractivity contribution in [1.82, 2.24) is 15.1 Å². The fraction of sp³-hybridized carbons (Fsp3) is 0.545. The van der Waals surface area contributed by atoms with Gasteiger partial charge in [-0.3, -0.25) is 9.59 Å². The van der Waals surface area contributed by atoms with Crippen molar-refractivity contribution < 1.29 is 9.90 Å². The fourth-order valence-electron chi connectivity index (χ4n) is 1.22. The Balaban J connectivity index is 2.32. The minimum absolute atomic E-state index is 0.196. The van der Waals surface area contributed by atoms with E-state index in [2.05, 4.69) is 10.4 Å². The maximum absolute atomic E-state index is 11.7. The number of nitrogens with zero attached hydrogens (tertiary/aromatic N) is 2. The fourth-order valence-corrected chi connectivity index (χ4v) is 2.00. The Morgan fingerprint density at radius 1 is 1.50 bits per heavy atom. The quantitative estimate of drug-likeness (QED) is 0.661. The topological polar surface area (TPSA) is 84.2 Å². The molecule has 0 bridgehead atoms. The summed E-state index contributed by atoms with van der Waals surface area (Å²) in [5.41, 5.74) is -0.0106. The lowest BCUT2D eigenvalue weighted by Gasteiger charge is -2.05. The molecule has 2 N–H and O–H groups in total. The highest BCUT2D eigenvalue weighted by atomic mass is 32.2. The summed E-state index contributed by atoms with van der Waals surface area (Å²) >= 11 is 1.67. The number of aryl methyl sites for hydroxylation is 1. The van der Waals surface area contributed by atoms with E-state index in [9.17, 15) is 9.59 Å². The SMILES string of the molecule is Cn1nc(C(=O)NCCSCCCO)ccc1=O. The van der Waals surface area contributed by atoms with Crippen LogP contribution in [0.25, 0.3) is 0 Å². The molecule has 0 aliphatic rings. The van der Waals surface area contributed by atoms with Gasteiger partial charge in [0.05, 0.1) is 0 Å². The molecule has 0 saturated heterocycles. The van der Waals surface area contributed by atoms with E-state index in [-0.39, 0.29) is 23.8 Å². The van der Waals surface area contributed by atoms with E-state index in [4.69, 9.17) is 5.11 Å². The summed E-state index contributed by atoms with van der Waals surface area (Å²) in [5, 5.41) is 15.2. The second-order valence-electron chi connectivity index (χ2n) is 3.63. The minimum Gasteiger partial charge on any atom is -0.396 e. The Morgan fingerprint density at radius 3 is 2.94 bits per heavy atom. The smallest absolute Gasteiger partial charge is 0.271 e. The molecule has 100 valence electrons. The maximum Gasteiger partial charge on any atom is 0.271 e. The molecule has 1 aromatic heterocycles. The van der Waals surface area contributed by atoms with Crippen molar-refractivity contribution >= 4 is 17.7 Å². The average molecular weight is 271 g/mol. The number of amides is 1. The standard InChI is InChI=1S/C11H17N3O3S/c1-14-10(16)4-3-9(13-14)11(17)12-5-8-18-7-2-6-15/h3-4,15H,2,5-8H2,1H3,(H,12,17). The van der Waals surface area contributed by atoms with Gasteiger partial charge in [-0.25, -0.2) is 4.68 Å². The van der Waals surface area contributed by atoms with Crippen molar-refractivity contribution in [2.75, 3.05) is 24.7 Å². The van der Waals surface area contributed by atoms with Gasteiger partial charge in [0.25, 0.3) is 11.5 Å². The first kappa shape index (κ1) is 14.7. The van der Waals surface area contributed by atoms with E-state index in [0.29, 0.717) is 6.54 Å². The molecule has 1 amide bonds. The summed E-state index contributed by atoms with van der Waals surface area (Å²) < 4.78 is 1.13. The molecule has 0 aromatic carbocycles. The van der Waals surface area contributed by atoms with E-state index in [1.165, 1.54) is 19.2 Å². The van der Waals surface area contributed by atoms with E-state index >= 15 is 0 Å². The van der Waals surface area contributed by atoms with Crippen LogP contribution in [-0.4, -0.2) is 45.5 Å². The third-order valence-electron chi connectivity index (χ3n) is 2.17. The average Bonchev–Trinajstić information content (AvgIpc) is 2.36. The first-order chi connectivity index (χ1) is 8.65. The molecule has 6 nitrogen and oxygen atoms in total. The predicted molar refractivity (Wildman–Crippen MR) is 70.8 cm³/mol. The second-order valence-corrected chi connectivity index (χ2v) is 4.85. The number of aliphatic hydroxyl groups is 1. The van der Waals surface area contributed by atoms with Crippen LogP contribution in [0.15, 0.2) is 16.9 Å². The third kappa shape index (κ3) is 4.89. The number of carbonyl (C=O) groups is 1. The van der Waals surface area contributed by atoms with Crippen molar-refractivity contribution in [2.45, 2.75) is 6.42 Å². The predicted octanol–water partition coefficient (Wildman–Crippen LogP) is -0.374. The number of carbonyl (C=O) groups excluding carboxylic acids is 1. The van der Waals surface area contributed by atoms with Crippen LogP contribution in [0.3, 0.4) is 0 Å². The van der Waals surface area contributed by atoms with Crippen LogP contribution >= 0.6 is 11.8 Å². The first-order valence-electron chi connectivity index (χ1n) is 5.66. The molecule has 7 heteroatoms. The monoisotopic (exact) mass is 271 g/mol. The van der Waals surface area contributed by atoms with Crippen LogP contribution in [0.2, 0.25) is 0 Å². The molecule has 0 fully saturated rings. The highest BCUT2D eigenvalue weighted by Crippen LogP contribution is 2.00. The largest absolute Gasteiger partial charge is 0.396 e. The zero-order chi connectivity index (χ0) is 13.4. The second kappa shape index (κ2) is 7.88. The molecule has 1 aromatic rings. The van der Waals surface area contributed by atoms with Gasteiger partial charge in [0, 0.05) is 32.0 Å². The molecule has 1 heterocycles. The Kier molecular flexibility index (Phi) is 6.45. The molecule has 0 atom stereocenters. The lowest BCUT2D eigenvalue weighted by molar-refractivity contribution is 0.0949. The Hall–Kier alpha value is -1.34. The van der Waals surface area contributed by atoms with E-state index in [0.717, 1.165) is 22.6 Å². The van der Waals surface area contributed by atoms with Crippen molar-refractivity contribution in [2.24, 2.45) is 7.05 Å².